The summed E-state index contributed by atoms with van der Waals surface area (Å²) in [5.74, 6) is -2.34. The minimum atomic E-state index is -1.02. The van der Waals surface area contributed by atoms with Crippen LogP contribution in [0.15, 0.2) is 78.9 Å². The number of aliphatic carboxylic acids is 1. The number of hydrogen-bond donors (Lipinski definition) is 2. The van der Waals surface area contributed by atoms with Crippen molar-refractivity contribution in [3.63, 3.8) is 0 Å². The summed E-state index contributed by atoms with van der Waals surface area (Å²) >= 11 is 0. The van der Waals surface area contributed by atoms with Crippen LogP contribution in [0.1, 0.15) is 48.5 Å². The fraction of sp³-hybridized carbons (Fsp3) is 0.250. The summed E-state index contributed by atoms with van der Waals surface area (Å²) < 4.78 is 0. The molecule has 0 aliphatic rings. The normalized spacial score (nSPS) is 11.5. The van der Waals surface area contributed by atoms with Gasteiger partial charge < -0.3 is 10.4 Å². The first kappa shape index (κ1) is 23.9. The molecule has 3 rings (SSSR count). The maximum Gasteiger partial charge on any atom is 0.307 e. The molecule has 0 saturated carbocycles. The molecule has 1 unspecified atom stereocenters. The monoisotopic (exact) mass is 443 g/mol. The van der Waals surface area contributed by atoms with Crippen LogP contribution in [0.5, 0.6) is 0 Å². The zero-order valence-corrected chi connectivity index (χ0v) is 18.8. The molecule has 0 spiro atoms. The van der Waals surface area contributed by atoms with Crippen molar-refractivity contribution in [2.75, 3.05) is 5.32 Å². The zero-order chi connectivity index (χ0) is 23.6. The van der Waals surface area contributed by atoms with Crippen molar-refractivity contribution in [1.82, 2.24) is 0 Å². The van der Waals surface area contributed by atoms with Crippen molar-refractivity contribution < 1.29 is 19.5 Å². The van der Waals surface area contributed by atoms with Crippen molar-refractivity contribution in [1.29, 1.82) is 0 Å². The van der Waals surface area contributed by atoms with Gasteiger partial charge in [0.2, 0.25) is 5.91 Å². The van der Waals surface area contributed by atoms with Crippen LogP contribution in [0.3, 0.4) is 0 Å². The van der Waals surface area contributed by atoms with Crippen molar-refractivity contribution in [3.05, 3.63) is 90.0 Å². The lowest BCUT2D eigenvalue weighted by Gasteiger charge is -2.18. The number of carboxylic acid groups (broad SMARTS) is 1. The number of carbonyl (C=O) groups excluding carboxylic acids is 2. The highest BCUT2D eigenvalue weighted by Crippen LogP contribution is 2.32. The molecule has 2 N–H and O–H groups in total. The molecule has 0 aromatic heterocycles. The molecule has 0 fully saturated rings. The van der Waals surface area contributed by atoms with Gasteiger partial charge in [-0.05, 0) is 35.6 Å². The molecule has 170 valence electrons. The second-order valence-corrected chi connectivity index (χ2v) is 8.10. The number of hydrogen-bond acceptors (Lipinski definition) is 3. The second-order valence-electron chi connectivity index (χ2n) is 8.10. The van der Waals surface area contributed by atoms with E-state index in [1.165, 1.54) is 0 Å². The summed E-state index contributed by atoms with van der Waals surface area (Å²) in [5, 5.41) is 12.7. The number of nitrogens with one attached hydrogen (secondary N) is 1. The quantitative estimate of drug-likeness (QED) is 0.356. The van der Waals surface area contributed by atoms with Crippen molar-refractivity contribution in [3.8, 4) is 11.1 Å². The summed E-state index contributed by atoms with van der Waals surface area (Å²) in [7, 11) is 0. The van der Waals surface area contributed by atoms with Gasteiger partial charge in [-0.25, -0.2) is 0 Å². The van der Waals surface area contributed by atoms with Gasteiger partial charge in [0.15, 0.2) is 5.78 Å². The number of unbranched alkanes of at least 4 members (excludes halogenated alkanes) is 1. The fourth-order valence-corrected chi connectivity index (χ4v) is 3.84. The predicted molar refractivity (Wildman–Crippen MR) is 130 cm³/mol. The number of rotatable bonds is 11. The standard InChI is InChI=1S/C28H29NO4/c1-2-3-17-26(31)29-24-16-10-15-23(21-13-8-5-9-14-21)27(24)25(30)19-22(28(32)33)18-20-11-6-4-7-12-20/h4-16,22H,2-3,17-19H2,1H3,(H,29,31)(H,32,33). The number of anilines is 1. The molecule has 3 aromatic carbocycles. The summed E-state index contributed by atoms with van der Waals surface area (Å²) in [4.78, 5) is 38.0. The maximum atomic E-state index is 13.5. The lowest BCUT2D eigenvalue weighted by atomic mass is 9.88. The minimum Gasteiger partial charge on any atom is -0.481 e. The number of ketones is 1. The molecule has 5 heteroatoms. The van der Waals surface area contributed by atoms with Gasteiger partial charge in [-0.15, -0.1) is 0 Å². The lowest BCUT2D eigenvalue weighted by molar-refractivity contribution is -0.141. The molecular formula is C28H29NO4. The summed E-state index contributed by atoms with van der Waals surface area (Å²) in [6.07, 6.45) is 2.11. The van der Waals surface area contributed by atoms with E-state index in [1.54, 1.807) is 12.1 Å². The van der Waals surface area contributed by atoms with Crippen LogP contribution >= 0.6 is 0 Å². The number of carbonyl (C=O) groups is 3. The maximum absolute atomic E-state index is 13.5. The van der Waals surface area contributed by atoms with Crippen LogP contribution in [0, 0.1) is 5.92 Å². The third-order valence-corrected chi connectivity index (χ3v) is 5.57. The van der Waals surface area contributed by atoms with Gasteiger partial charge in [0.1, 0.15) is 0 Å². The number of carboxylic acids is 1. The molecule has 33 heavy (non-hydrogen) atoms. The molecule has 0 aliphatic heterocycles. The largest absolute Gasteiger partial charge is 0.481 e. The van der Waals surface area contributed by atoms with Crippen molar-refractivity contribution in [2.24, 2.45) is 5.92 Å². The Kier molecular flexibility index (Phi) is 8.53. The highest BCUT2D eigenvalue weighted by molar-refractivity contribution is 6.10. The van der Waals surface area contributed by atoms with E-state index in [-0.39, 0.29) is 24.5 Å². The molecule has 1 atom stereocenters. The van der Waals surface area contributed by atoms with Crippen molar-refractivity contribution in [2.45, 2.75) is 39.0 Å². The summed E-state index contributed by atoms with van der Waals surface area (Å²) in [5.41, 5.74) is 3.15. The third kappa shape index (κ3) is 6.62. The summed E-state index contributed by atoms with van der Waals surface area (Å²) in [6, 6.07) is 24.1. The Morgan fingerprint density at radius 2 is 1.55 bits per heavy atom. The Morgan fingerprint density at radius 1 is 0.879 bits per heavy atom. The molecule has 0 aliphatic carbocycles. The first-order valence-corrected chi connectivity index (χ1v) is 11.3. The Balaban J connectivity index is 1.96. The van der Waals surface area contributed by atoms with Gasteiger partial charge in [0.05, 0.1) is 11.6 Å². The molecule has 0 saturated heterocycles. The fourth-order valence-electron chi connectivity index (χ4n) is 3.84. The number of benzene rings is 3. The Morgan fingerprint density at radius 3 is 2.18 bits per heavy atom. The molecule has 0 bridgehead atoms. The number of Topliss-reactive ketones (excluding diaryl/α,β-unsaturated/α-hetero) is 1. The van der Waals surface area contributed by atoms with Crippen molar-refractivity contribution >= 4 is 23.3 Å². The van der Waals surface area contributed by atoms with Gasteiger partial charge in [-0.2, -0.15) is 0 Å². The first-order chi connectivity index (χ1) is 16.0. The van der Waals surface area contributed by atoms with E-state index >= 15 is 0 Å². The van der Waals surface area contributed by atoms with Crippen LogP contribution in [0.25, 0.3) is 11.1 Å². The Bertz CT molecular complexity index is 1090. The molecule has 3 aromatic rings. The van der Waals surface area contributed by atoms with E-state index in [2.05, 4.69) is 5.32 Å². The van der Waals surface area contributed by atoms with Gasteiger partial charge in [0.25, 0.3) is 0 Å². The van der Waals surface area contributed by atoms with Crippen LogP contribution in [0.4, 0.5) is 5.69 Å². The molecule has 1 amide bonds. The van der Waals surface area contributed by atoms with E-state index in [4.69, 9.17) is 0 Å². The molecule has 0 radical (unpaired) electrons. The lowest BCUT2D eigenvalue weighted by Crippen LogP contribution is -2.22. The zero-order valence-electron chi connectivity index (χ0n) is 18.8. The van der Waals surface area contributed by atoms with E-state index in [0.717, 1.165) is 24.0 Å². The van der Waals surface area contributed by atoms with Gasteiger partial charge in [0, 0.05) is 18.4 Å². The highest BCUT2D eigenvalue weighted by Gasteiger charge is 2.26. The van der Waals surface area contributed by atoms with Crippen LogP contribution in [-0.2, 0) is 16.0 Å². The highest BCUT2D eigenvalue weighted by atomic mass is 16.4. The van der Waals surface area contributed by atoms with E-state index in [1.807, 2.05) is 73.7 Å². The third-order valence-electron chi connectivity index (χ3n) is 5.57. The minimum absolute atomic E-state index is 0.157. The van der Waals surface area contributed by atoms with Crippen LogP contribution in [-0.4, -0.2) is 22.8 Å². The topological polar surface area (TPSA) is 83.5 Å². The van der Waals surface area contributed by atoms with E-state index in [0.29, 0.717) is 23.2 Å². The van der Waals surface area contributed by atoms with E-state index < -0.39 is 11.9 Å². The second kappa shape index (κ2) is 11.8. The molecular weight excluding hydrogens is 414 g/mol. The predicted octanol–water partition coefficient (Wildman–Crippen LogP) is 6.00. The van der Waals surface area contributed by atoms with Gasteiger partial charge in [-0.1, -0.05) is 86.1 Å². The SMILES string of the molecule is CCCCC(=O)Nc1cccc(-c2ccccc2)c1C(=O)CC(Cc1ccccc1)C(=O)O. The van der Waals surface area contributed by atoms with E-state index in [9.17, 15) is 19.5 Å². The smallest absolute Gasteiger partial charge is 0.307 e. The summed E-state index contributed by atoms with van der Waals surface area (Å²) in [6.45, 7) is 2.01. The molecule has 0 heterocycles. The average molecular weight is 444 g/mol. The number of amides is 1. The van der Waals surface area contributed by atoms with Gasteiger partial charge >= 0.3 is 5.97 Å². The average Bonchev–Trinajstić information content (AvgIpc) is 2.83. The van der Waals surface area contributed by atoms with Crippen LogP contribution < -0.4 is 5.32 Å². The van der Waals surface area contributed by atoms with Gasteiger partial charge in [-0.3, -0.25) is 14.4 Å². The Hall–Kier alpha value is -3.73. The van der Waals surface area contributed by atoms with Crippen LogP contribution in [0.2, 0.25) is 0 Å². The first-order valence-electron chi connectivity index (χ1n) is 11.3. The Labute approximate surface area is 194 Å². The molecule has 5 nitrogen and oxygen atoms in total.